The van der Waals surface area contributed by atoms with Gasteiger partial charge in [0.15, 0.2) is 0 Å². The first-order valence-corrected chi connectivity index (χ1v) is 5.91. The lowest BCUT2D eigenvalue weighted by Crippen LogP contribution is -2.26. The molecule has 0 spiro atoms. The van der Waals surface area contributed by atoms with Gasteiger partial charge >= 0.3 is 0 Å². The average Bonchev–Trinajstić information content (AvgIpc) is 2.25. The van der Waals surface area contributed by atoms with Crippen molar-refractivity contribution < 1.29 is 8.78 Å². The molecule has 4 heteroatoms. The zero-order chi connectivity index (χ0) is 12.0. The molecule has 1 unspecified atom stereocenters. The van der Waals surface area contributed by atoms with E-state index in [2.05, 4.69) is 5.32 Å². The van der Waals surface area contributed by atoms with Crippen molar-refractivity contribution in [1.82, 2.24) is 5.32 Å². The molecular formula is C12H16ClF2N. The lowest BCUT2D eigenvalue weighted by Gasteiger charge is -2.13. The number of rotatable bonds is 6. The number of alkyl halides is 1. The van der Waals surface area contributed by atoms with Crippen LogP contribution in [0.15, 0.2) is 18.2 Å². The molecule has 0 aromatic heterocycles. The van der Waals surface area contributed by atoms with Gasteiger partial charge in [-0.25, -0.2) is 8.78 Å². The Bertz CT molecular complexity index is 311. The largest absolute Gasteiger partial charge is 0.310 e. The van der Waals surface area contributed by atoms with E-state index >= 15 is 0 Å². The van der Waals surface area contributed by atoms with E-state index in [9.17, 15) is 8.78 Å². The monoisotopic (exact) mass is 247 g/mol. The van der Waals surface area contributed by atoms with E-state index < -0.39 is 11.6 Å². The first-order chi connectivity index (χ1) is 7.65. The summed E-state index contributed by atoms with van der Waals surface area (Å²) in [7, 11) is 0. The average molecular weight is 248 g/mol. The molecule has 1 N–H and O–H groups in total. The topological polar surface area (TPSA) is 12.0 Å². The number of hydrogen-bond donors (Lipinski definition) is 1. The van der Waals surface area contributed by atoms with Gasteiger partial charge < -0.3 is 5.32 Å². The zero-order valence-corrected chi connectivity index (χ0v) is 10.0. The van der Waals surface area contributed by atoms with Crippen molar-refractivity contribution in [2.75, 3.05) is 5.88 Å². The van der Waals surface area contributed by atoms with Crippen LogP contribution in [0.3, 0.4) is 0 Å². The summed E-state index contributed by atoms with van der Waals surface area (Å²) in [4.78, 5) is 0. The Balaban J connectivity index is 2.48. The number of benzene rings is 1. The molecule has 1 aromatic carbocycles. The van der Waals surface area contributed by atoms with E-state index in [0.29, 0.717) is 5.88 Å². The van der Waals surface area contributed by atoms with Crippen molar-refractivity contribution in [3.05, 3.63) is 35.4 Å². The molecule has 0 aliphatic rings. The van der Waals surface area contributed by atoms with E-state index in [-0.39, 0.29) is 18.2 Å². The molecular weight excluding hydrogens is 232 g/mol. The molecule has 90 valence electrons. The third-order valence-corrected chi connectivity index (χ3v) is 2.73. The van der Waals surface area contributed by atoms with Crippen LogP contribution in [0.4, 0.5) is 8.78 Å². The second-order valence-electron chi connectivity index (χ2n) is 3.81. The maximum atomic E-state index is 13.3. The summed E-state index contributed by atoms with van der Waals surface area (Å²) in [6.07, 6.45) is 1.80. The van der Waals surface area contributed by atoms with Gasteiger partial charge in [0, 0.05) is 24.0 Å². The molecule has 0 amide bonds. The molecule has 0 bridgehead atoms. The molecule has 0 fully saturated rings. The van der Waals surface area contributed by atoms with Crippen LogP contribution in [0, 0.1) is 11.6 Å². The van der Waals surface area contributed by atoms with E-state index in [0.717, 1.165) is 12.8 Å². The second-order valence-corrected chi connectivity index (χ2v) is 4.19. The normalized spacial score (nSPS) is 12.8. The van der Waals surface area contributed by atoms with Crippen LogP contribution in [-0.2, 0) is 6.54 Å². The molecule has 1 nitrogen and oxygen atoms in total. The Morgan fingerprint density at radius 2 is 1.94 bits per heavy atom. The van der Waals surface area contributed by atoms with Crippen LogP contribution >= 0.6 is 11.6 Å². The van der Waals surface area contributed by atoms with E-state index in [1.807, 2.05) is 6.92 Å². The van der Waals surface area contributed by atoms with Gasteiger partial charge in [-0.05, 0) is 31.9 Å². The van der Waals surface area contributed by atoms with Crippen LogP contribution in [0.5, 0.6) is 0 Å². The van der Waals surface area contributed by atoms with Crippen molar-refractivity contribution in [1.29, 1.82) is 0 Å². The minimum absolute atomic E-state index is 0.0974. The Morgan fingerprint density at radius 3 is 2.50 bits per heavy atom. The standard InChI is InChI=1S/C12H16ClF2N/c1-9(4-3-7-13)16-8-10-11(14)5-2-6-12(10)15/h2,5-6,9,16H,3-4,7-8H2,1H3. The minimum atomic E-state index is -0.503. The van der Waals surface area contributed by atoms with Crippen LogP contribution in [0.2, 0.25) is 0 Å². The van der Waals surface area contributed by atoms with Gasteiger partial charge in [-0.15, -0.1) is 11.6 Å². The third kappa shape index (κ3) is 4.06. The Labute approximate surface area is 99.8 Å². The van der Waals surface area contributed by atoms with Gasteiger partial charge in [-0.3, -0.25) is 0 Å². The maximum absolute atomic E-state index is 13.3. The van der Waals surface area contributed by atoms with Crippen molar-refractivity contribution >= 4 is 11.6 Å². The minimum Gasteiger partial charge on any atom is -0.310 e. The fourth-order valence-electron chi connectivity index (χ4n) is 1.46. The Hall–Kier alpha value is -0.670. The first kappa shape index (κ1) is 13.4. The molecule has 16 heavy (non-hydrogen) atoms. The number of hydrogen-bond acceptors (Lipinski definition) is 1. The van der Waals surface area contributed by atoms with E-state index in [4.69, 9.17) is 11.6 Å². The van der Waals surface area contributed by atoms with Crippen LogP contribution in [-0.4, -0.2) is 11.9 Å². The van der Waals surface area contributed by atoms with Crippen molar-refractivity contribution in [3.63, 3.8) is 0 Å². The SMILES string of the molecule is CC(CCCCl)NCc1c(F)cccc1F. The molecule has 0 saturated carbocycles. The highest BCUT2D eigenvalue weighted by atomic mass is 35.5. The summed E-state index contributed by atoms with van der Waals surface area (Å²) in [6, 6.07) is 4.11. The summed E-state index contributed by atoms with van der Waals surface area (Å²) in [5, 5.41) is 3.08. The van der Waals surface area contributed by atoms with Gasteiger partial charge in [0.25, 0.3) is 0 Å². The lowest BCUT2D eigenvalue weighted by atomic mass is 10.1. The zero-order valence-electron chi connectivity index (χ0n) is 9.27. The number of nitrogens with one attached hydrogen (secondary N) is 1. The van der Waals surface area contributed by atoms with Crippen LogP contribution in [0.25, 0.3) is 0 Å². The van der Waals surface area contributed by atoms with Crippen molar-refractivity contribution in [2.45, 2.75) is 32.4 Å². The number of halogens is 3. The molecule has 0 saturated heterocycles. The molecule has 1 aromatic rings. The second kappa shape index (κ2) is 6.81. The van der Waals surface area contributed by atoms with Gasteiger partial charge in [0.2, 0.25) is 0 Å². The molecule has 1 rings (SSSR count). The predicted molar refractivity (Wildman–Crippen MR) is 62.6 cm³/mol. The predicted octanol–water partition coefficient (Wildman–Crippen LogP) is 3.46. The summed E-state index contributed by atoms with van der Waals surface area (Å²) < 4.78 is 26.5. The Kier molecular flexibility index (Phi) is 5.71. The summed E-state index contributed by atoms with van der Waals surface area (Å²) in [5.41, 5.74) is 0.0974. The molecule has 0 aliphatic heterocycles. The Morgan fingerprint density at radius 1 is 1.31 bits per heavy atom. The van der Waals surface area contributed by atoms with Crippen molar-refractivity contribution in [3.8, 4) is 0 Å². The highest BCUT2D eigenvalue weighted by molar-refractivity contribution is 6.17. The van der Waals surface area contributed by atoms with E-state index in [1.165, 1.54) is 18.2 Å². The van der Waals surface area contributed by atoms with Gasteiger partial charge in [-0.1, -0.05) is 6.07 Å². The van der Waals surface area contributed by atoms with Crippen LogP contribution in [0.1, 0.15) is 25.3 Å². The highest BCUT2D eigenvalue weighted by Gasteiger charge is 2.09. The summed E-state index contributed by atoms with van der Waals surface area (Å²) in [6.45, 7) is 2.19. The summed E-state index contributed by atoms with van der Waals surface area (Å²) >= 11 is 5.57. The molecule has 0 radical (unpaired) electrons. The fourth-order valence-corrected chi connectivity index (χ4v) is 1.62. The molecule has 0 heterocycles. The van der Waals surface area contributed by atoms with Gasteiger partial charge in [0.05, 0.1) is 0 Å². The van der Waals surface area contributed by atoms with Crippen LogP contribution < -0.4 is 5.32 Å². The lowest BCUT2D eigenvalue weighted by molar-refractivity contribution is 0.479. The van der Waals surface area contributed by atoms with Gasteiger partial charge in [-0.2, -0.15) is 0 Å². The third-order valence-electron chi connectivity index (χ3n) is 2.46. The molecule has 0 aliphatic carbocycles. The van der Waals surface area contributed by atoms with E-state index in [1.54, 1.807) is 0 Å². The molecule has 1 atom stereocenters. The fraction of sp³-hybridized carbons (Fsp3) is 0.500. The quantitative estimate of drug-likeness (QED) is 0.759. The smallest absolute Gasteiger partial charge is 0.130 e. The highest BCUT2D eigenvalue weighted by Crippen LogP contribution is 2.12. The summed E-state index contributed by atoms with van der Waals surface area (Å²) in [5.74, 6) is -0.394. The first-order valence-electron chi connectivity index (χ1n) is 5.37. The van der Waals surface area contributed by atoms with Gasteiger partial charge in [0.1, 0.15) is 11.6 Å². The maximum Gasteiger partial charge on any atom is 0.130 e. The van der Waals surface area contributed by atoms with Crippen molar-refractivity contribution in [2.24, 2.45) is 0 Å².